The van der Waals surface area contributed by atoms with Gasteiger partial charge in [0.2, 0.25) is 0 Å². The Morgan fingerprint density at radius 3 is 3.07 bits per heavy atom. The van der Waals surface area contributed by atoms with Gasteiger partial charge in [-0.1, -0.05) is 0 Å². The zero-order chi connectivity index (χ0) is 10.8. The quantitative estimate of drug-likeness (QED) is 0.773. The van der Waals surface area contributed by atoms with Crippen molar-refractivity contribution < 1.29 is 9.90 Å². The van der Waals surface area contributed by atoms with Gasteiger partial charge in [-0.25, -0.2) is 0 Å². The molecule has 4 nitrogen and oxygen atoms in total. The minimum absolute atomic E-state index is 0.104. The molecule has 82 valence electrons. The van der Waals surface area contributed by atoms with Crippen molar-refractivity contribution in [1.82, 2.24) is 9.88 Å². The van der Waals surface area contributed by atoms with Crippen molar-refractivity contribution in [2.24, 2.45) is 0 Å². The van der Waals surface area contributed by atoms with Crippen molar-refractivity contribution >= 4 is 5.91 Å². The number of amides is 1. The van der Waals surface area contributed by atoms with Crippen LogP contribution in [0.25, 0.3) is 0 Å². The van der Waals surface area contributed by atoms with E-state index in [9.17, 15) is 4.79 Å². The molecule has 0 radical (unpaired) electrons. The fraction of sp³-hybridized carbons (Fsp3) is 0.545. The summed E-state index contributed by atoms with van der Waals surface area (Å²) in [6.45, 7) is 1.95. The Morgan fingerprint density at radius 1 is 1.73 bits per heavy atom. The first-order valence-electron chi connectivity index (χ1n) is 5.31. The summed E-state index contributed by atoms with van der Waals surface area (Å²) in [4.78, 5) is 11.7. The highest BCUT2D eigenvalue weighted by Gasteiger charge is 2.26. The number of nitrogens with zero attached hydrogens (tertiary/aromatic N) is 1. The van der Waals surface area contributed by atoms with Crippen molar-refractivity contribution in [3.63, 3.8) is 0 Å². The molecule has 1 aromatic rings. The largest absolute Gasteiger partial charge is 0.392 e. The maximum atomic E-state index is 11.7. The minimum atomic E-state index is -0.502. The molecule has 0 spiro atoms. The highest BCUT2D eigenvalue weighted by molar-refractivity contribution is 5.92. The van der Waals surface area contributed by atoms with Crippen LogP contribution in [0, 0.1) is 0 Å². The lowest BCUT2D eigenvalue weighted by Crippen LogP contribution is -2.31. The second-order valence-corrected chi connectivity index (χ2v) is 4.09. The zero-order valence-electron chi connectivity index (χ0n) is 8.81. The molecule has 1 amide bonds. The third-order valence-corrected chi connectivity index (χ3v) is 2.51. The summed E-state index contributed by atoms with van der Waals surface area (Å²) in [5, 5.41) is 11.8. The van der Waals surface area contributed by atoms with Gasteiger partial charge in [0.05, 0.1) is 6.10 Å². The second-order valence-electron chi connectivity index (χ2n) is 4.09. The summed E-state index contributed by atoms with van der Waals surface area (Å²) in [5.41, 5.74) is 0.693. The first-order valence-corrected chi connectivity index (χ1v) is 5.31. The van der Waals surface area contributed by atoms with Gasteiger partial charge in [-0.3, -0.25) is 4.79 Å². The van der Waals surface area contributed by atoms with Crippen LogP contribution in [0.5, 0.6) is 0 Å². The number of nitrogens with one attached hydrogen (secondary N) is 1. The Morgan fingerprint density at radius 2 is 2.47 bits per heavy atom. The Hall–Kier alpha value is -1.29. The Labute approximate surface area is 88.9 Å². The summed E-state index contributed by atoms with van der Waals surface area (Å²) >= 11 is 0. The Bertz CT molecular complexity index is 353. The average molecular weight is 208 g/mol. The van der Waals surface area contributed by atoms with Crippen LogP contribution in [0.1, 0.15) is 36.3 Å². The predicted octanol–water partition coefficient (Wildman–Crippen LogP) is 0.934. The lowest BCUT2D eigenvalue weighted by Gasteiger charge is -2.09. The van der Waals surface area contributed by atoms with Crippen molar-refractivity contribution in [2.45, 2.75) is 31.9 Å². The Kier molecular flexibility index (Phi) is 2.77. The van der Waals surface area contributed by atoms with Crippen molar-refractivity contribution in [1.29, 1.82) is 0 Å². The third-order valence-electron chi connectivity index (χ3n) is 2.51. The fourth-order valence-corrected chi connectivity index (χ4v) is 1.59. The van der Waals surface area contributed by atoms with E-state index in [1.165, 1.54) is 0 Å². The van der Waals surface area contributed by atoms with E-state index in [4.69, 9.17) is 5.11 Å². The maximum absolute atomic E-state index is 11.7. The monoisotopic (exact) mass is 208 g/mol. The summed E-state index contributed by atoms with van der Waals surface area (Å²) in [6, 6.07) is 4.21. The van der Waals surface area contributed by atoms with Crippen molar-refractivity contribution in [2.75, 3.05) is 6.54 Å². The number of aliphatic hydroxyl groups excluding tert-OH is 1. The number of aromatic nitrogens is 1. The highest BCUT2D eigenvalue weighted by Crippen LogP contribution is 2.35. The fourth-order valence-electron chi connectivity index (χ4n) is 1.59. The molecule has 0 bridgehead atoms. The molecule has 4 heteroatoms. The molecule has 2 rings (SSSR count). The van der Waals surface area contributed by atoms with Crippen molar-refractivity contribution in [3.8, 4) is 0 Å². The van der Waals surface area contributed by atoms with E-state index in [-0.39, 0.29) is 5.91 Å². The van der Waals surface area contributed by atoms with E-state index in [0.29, 0.717) is 18.3 Å². The van der Waals surface area contributed by atoms with Gasteiger partial charge in [0.15, 0.2) is 0 Å². The predicted molar refractivity (Wildman–Crippen MR) is 56.7 cm³/mol. The smallest absolute Gasteiger partial charge is 0.268 e. The van der Waals surface area contributed by atoms with Gasteiger partial charge >= 0.3 is 0 Å². The second kappa shape index (κ2) is 4.06. The summed E-state index contributed by atoms with van der Waals surface area (Å²) in [5.74, 6) is -0.104. The van der Waals surface area contributed by atoms with Crippen LogP contribution in [0.4, 0.5) is 0 Å². The van der Waals surface area contributed by atoms with Gasteiger partial charge in [0.25, 0.3) is 5.91 Å². The van der Waals surface area contributed by atoms with E-state index in [0.717, 1.165) is 12.8 Å². The summed E-state index contributed by atoms with van der Waals surface area (Å²) < 4.78 is 2.01. The molecule has 0 saturated heterocycles. The molecule has 1 atom stereocenters. The zero-order valence-corrected chi connectivity index (χ0v) is 8.81. The summed E-state index contributed by atoms with van der Waals surface area (Å²) in [7, 11) is 0. The van der Waals surface area contributed by atoms with E-state index >= 15 is 0 Å². The van der Waals surface area contributed by atoms with Crippen LogP contribution in [0.3, 0.4) is 0 Å². The van der Waals surface area contributed by atoms with Gasteiger partial charge < -0.3 is 15.0 Å². The molecule has 0 aromatic carbocycles. The van der Waals surface area contributed by atoms with Crippen LogP contribution in [0.2, 0.25) is 0 Å². The molecule has 2 N–H and O–H groups in total. The van der Waals surface area contributed by atoms with E-state index in [1.54, 1.807) is 6.92 Å². The number of hydrogen-bond acceptors (Lipinski definition) is 2. The van der Waals surface area contributed by atoms with Crippen LogP contribution >= 0.6 is 0 Å². The molecular formula is C11H16N2O2. The lowest BCUT2D eigenvalue weighted by atomic mass is 10.3. The average Bonchev–Trinajstić information content (AvgIpc) is 2.93. The van der Waals surface area contributed by atoms with E-state index in [1.807, 2.05) is 22.9 Å². The van der Waals surface area contributed by atoms with E-state index < -0.39 is 6.10 Å². The van der Waals surface area contributed by atoms with Gasteiger partial charge in [-0.15, -0.1) is 0 Å². The van der Waals surface area contributed by atoms with Crippen LogP contribution < -0.4 is 5.32 Å². The molecule has 1 fully saturated rings. The molecule has 0 aliphatic heterocycles. The normalized spacial score (nSPS) is 17.5. The number of rotatable bonds is 4. The standard InChI is InChI=1S/C11H16N2O2/c1-8(14)7-12-11(15)10-3-2-6-13(10)9-4-5-9/h2-3,6,8-9,14H,4-5,7H2,1H3,(H,12,15)/t8-/m1/s1. The molecule has 1 saturated carbocycles. The maximum Gasteiger partial charge on any atom is 0.268 e. The number of carbonyl (C=O) groups is 1. The minimum Gasteiger partial charge on any atom is -0.392 e. The van der Waals surface area contributed by atoms with Gasteiger partial charge in [-0.2, -0.15) is 0 Å². The first kappa shape index (κ1) is 10.2. The molecular weight excluding hydrogens is 192 g/mol. The lowest BCUT2D eigenvalue weighted by molar-refractivity contribution is 0.0914. The number of hydrogen-bond donors (Lipinski definition) is 2. The van der Waals surface area contributed by atoms with Gasteiger partial charge in [-0.05, 0) is 31.9 Å². The molecule has 1 heterocycles. The van der Waals surface area contributed by atoms with Gasteiger partial charge in [0.1, 0.15) is 5.69 Å². The molecule has 1 aliphatic rings. The van der Waals surface area contributed by atoms with Crippen LogP contribution in [0.15, 0.2) is 18.3 Å². The number of carbonyl (C=O) groups excluding carboxylic acids is 1. The SMILES string of the molecule is C[C@@H](O)CNC(=O)c1cccn1C1CC1. The van der Waals surface area contributed by atoms with Crippen molar-refractivity contribution in [3.05, 3.63) is 24.0 Å². The van der Waals surface area contributed by atoms with Crippen LogP contribution in [-0.2, 0) is 0 Å². The first-order chi connectivity index (χ1) is 7.18. The van der Waals surface area contributed by atoms with Gasteiger partial charge in [0, 0.05) is 18.8 Å². The topological polar surface area (TPSA) is 54.3 Å². The molecule has 1 aliphatic carbocycles. The van der Waals surface area contributed by atoms with E-state index in [2.05, 4.69) is 5.32 Å². The number of aliphatic hydroxyl groups is 1. The third kappa shape index (κ3) is 2.39. The molecule has 0 unspecified atom stereocenters. The molecule has 15 heavy (non-hydrogen) atoms. The van der Waals surface area contributed by atoms with Crippen LogP contribution in [-0.4, -0.2) is 28.2 Å². The summed E-state index contributed by atoms with van der Waals surface area (Å²) in [6.07, 6.45) is 3.75. The molecule has 1 aromatic heterocycles. The Balaban J connectivity index is 2.01. The highest BCUT2D eigenvalue weighted by atomic mass is 16.3.